The van der Waals surface area contributed by atoms with E-state index < -0.39 is 5.60 Å². The average molecular weight is 265 g/mol. The summed E-state index contributed by atoms with van der Waals surface area (Å²) in [7, 11) is 0. The molecule has 3 nitrogen and oxygen atoms in total. The van der Waals surface area contributed by atoms with Gasteiger partial charge in [0.1, 0.15) is 5.60 Å². The molecule has 98 valence electrons. The van der Waals surface area contributed by atoms with Gasteiger partial charge in [-0.2, -0.15) is 11.3 Å². The molecule has 2 fully saturated rings. The van der Waals surface area contributed by atoms with Gasteiger partial charge in [0.15, 0.2) is 0 Å². The van der Waals surface area contributed by atoms with Crippen molar-refractivity contribution in [1.82, 2.24) is 5.32 Å². The molecule has 0 aliphatic heterocycles. The fourth-order valence-corrected chi connectivity index (χ4v) is 4.04. The van der Waals surface area contributed by atoms with Gasteiger partial charge in [0, 0.05) is 5.92 Å². The number of aliphatic hydroxyl groups is 1. The highest BCUT2D eigenvalue weighted by molar-refractivity contribution is 7.08. The lowest BCUT2D eigenvalue weighted by atomic mass is 9.99. The van der Waals surface area contributed by atoms with Crippen LogP contribution in [0, 0.1) is 17.8 Å². The molecular weight excluding hydrogens is 246 g/mol. The highest BCUT2D eigenvalue weighted by atomic mass is 32.1. The summed E-state index contributed by atoms with van der Waals surface area (Å²) in [5, 5.41) is 17.1. The molecule has 2 saturated carbocycles. The van der Waals surface area contributed by atoms with Crippen molar-refractivity contribution in [2.75, 3.05) is 6.54 Å². The first-order chi connectivity index (χ1) is 8.59. The van der Waals surface area contributed by atoms with E-state index in [0.717, 1.165) is 5.56 Å². The number of carbonyl (C=O) groups excluding carboxylic acids is 1. The SMILES string of the molecule is CC(O)(CNC(=O)C1C2CCCC21)c1ccsc1. The molecule has 1 amide bonds. The van der Waals surface area contributed by atoms with Crippen molar-refractivity contribution in [2.24, 2.45) is 17.8 Å². The number of thiophene rings is 1. The Labute approximate surface area is 111 Å². The maximum absolute atomic E-state index is 12.0. The third-order valence-corrected chi connectivity index (χ3v) is 5.14. The highest BCUT2D eigenvalue weighted by Gasteiger charge is 2.56. The van der Waals surface area contributed by atoms with Crippen molar-refractivity contribution in [2.45, 2.75) is 31.8 Å². The summed E-state index contributed by atoms with van der Waals surface area (Å²) in [4.78, 5) is 12.0. The molecule has 1 aromatic heterocycles. The van der Waals surface area contributed by atoms with E-state index in [0.29, 0.717) is 18.4 Å². The van der Waals surface area contributed by atoms with Crippen molar-refractivity contribution in [3.8, 4) is 0 Å². The average Bonchev–Trinajstić information content (AvgIpc) is 2.84. The summed E-state index contributed by atoms with van der Waals surface area (Å²) < 4.78 is 0. The van der Waals surface area contributed by atoms with Crippen LogP contribution in [0.5, 0.6) is 0 Å². The molecule has 0 saturated heterocycles. The Morgan fingerprint density at radius 1 is 1.56 bits per heavy atom. The molecule has 2 aliphatic rings. The topological polar surface area (TPSA) is 49.3 Å². The summed E-state index contributed by atoms with van der Waals surface area (Å²) in [5.41, 5.74) is -0.0802. The first kappa shape index (κ1) is 12.2. The second kappa shape index (κ2) is 4.35. The molecule has 0 aromatic carbocycles. The predicted octanol–water partition coefficient (Wildman–Crippen LogP) is 2.12. The molecule has 2 aliphatic carbocycles. The van der Waals surface area contributed by atoms with Gasteiger partial charge in [-0.15, -0.1) is 0 Å². The number of fused-ring (bicyclic) bond motifs is 1. The first-order valence-corrected chi connectivity index (χ1v) is 7.56. The van der Waals surface area contributed by atoms with Gasteiger partial charge in [-0.1, -0.05) is 6.42 Å². The number of rotatable bonds is 4. The quantitative estimate of drug-likeness (QED) is 0.876. The molecule has 1 aromatic rings. The van der Waals surface area contributed by atoms with Gasteiger partial charge in [-0.3, -0.25) is 4.79 Å². The molecule has 0 spiro atoms. The Morgan fingerprint density at radius 3 is 2.89 bits per heavy atom. The predicted molar refractivity (Wildman–Crippen MR) is 71.2 cm³/mol. The summed E-state index contributed by atoms with van der Waals surface area (Å²) >= 11 is 1.56. The Morgan fingerprint density at radius 2 is 2.28 bits per heavy atom. The zero-order valence-electron chi connectivity index (χ0n) is 10.6. The van der Waals surface area contributed by atoms with Crippen LogP contribution in [0.4, 0.5) is 0 Å². The Balaban J connectivity index is 1.54. The largest absolute Gasteiger partial charge is 0.384 e. The van der Waals surface area contributed by atoms with E-state index in [1.807, 2.05) is 16.8 Å². The van der Waals surface area contributed by atoms with Crippen LogP contribution in [0.15, 0.2) is 16.8 Å². The Bertz CT molecular complexity index is 431. The van der Waals surface area contributed by atoms with Crippen LogP contribution in [0.1, 0.15) is 31.7 Å². The van der Waals surface area contributed by atoms with Gasteiger partial charge < -0.3 is 10.4 Å². The van der Waals surface area contributed by atoms with Gasteiger partial charge in [-0.25, -0.2) is 0 Å². The van der Waals surface area contributed by atoms with Gasteiger partial charge in [0.2, 0.25) is 5.91 Å². The second-order valence-electron chi connectivity index (χ2n) is 5.79. The lowest BCUT2D eigenvalue weighted by molar-refractivity contribution is -0.124. The Hall–Kier alpha value is -0.870. The molecule has 2 N–H and O–H groups in total. The van der Waals surface area contributed by atoms with E-state index in [9.17, 15) is 9.90 Å². The van der Waals surface area contributed by atoms with Gasteiger partial charge in [-0.05, 0) is 54.0 Å². The summed E-state index contributed by atoms with van der Waals surface area (Å²) in [6, 6.07) is 1.91. The zero-order chi connectivity index (χ0) is 12.8. The van der Waals surface area contributed by atoms with Crippen LogP contribution >= 0.6 is 11.3 Å². The molecule has 0 bridgehead atoms. The van der Waals surface area contributed by atoms with Crippen LogP contribution in [-0.2, 0) is 10.4 Å². The monoisotopic (exact) mass is 265 g/mol. The third kappa shape index (κ3) is 2.08. The highest BCUT2D eigenvalue weighted by Crippen LogP contribution is 2.57. The van der Waals surface area contributed by atoms with E-state index in [1.165, 1.54) is 19.3 Å². The fraction of sp³-hybridized carbons (Fsp3) is 0.643. The summed E-state index contributed by atoms with van der Waals surface area (Å²) in [6.07, 6.45) is 3.71. The third-order valence-electron chi connectivity index (χ3n) is 4.46. The number of hydrogen-bond donors (Lipinski definition) is 2. The second-order valence-corrected chi connectivity index (χ2v) is 6.57. The van der Waals surface area contributed by atoms with Crippen molar-refractivity contribution in [1.29, 1.82) is 0 Å². The number of carbonyl (C=O) groups is 1. The molecule has 4 heteroatoms. The molecule has 3 rings (SSSR count). The fourth-order valence-electron chi connectivity index (χ4n) is 3.26. The van der Waals surface area contributed by atoms with Crippen molar-refractivity contribution in [3.63, 3.8) is 0 Å². The maximum atomic E-state index is 12.0. The van der Waals surface area contributed by atoms with Crippen LogP contribution < -0.4 is 5.32 Å². The molecule has 3 atom stereocenters. The zero-order valence-corrected chi connectivity index (χ0v) is 11.4. The number of nitrogens with one attached hydrogen (secondary N) is 1. The van der Waals surface area contributed by atoms with Crippen LogP contribution in [-0.4, -0.2) is 17.6 Å². The van der Waals surface area contributed by atoms with Gasteiger partial charge in [0.25, 0.3) is 0 Å². The summed E-state index contributed by atoms with van der Waals surface area (Å²) in [5.74, 6) is 1.64. The van der Waals surface area contributed by atoms with Crippen molar-refractivity contribution < 1.29 is 9.90 Å². The van der Waals surface area contributed by atoms with Crippen LogP contribution in [0.25, 0.3) is 0 Å². The molecular formula is C14H19NO2S. The molecule has 18 heavy (non-hydrogen) atoms. The van der Waals surface area contributed by atoms with E-state index in [1.54, 1.807) is 18.3 Å². The van der Waals surface area contributed by atoms with E-state index in [-0.39, 0.29) is 11.8 Å². The molecule has 3 unspecified atom stereocenters. The first-order valence-electron chi connectivity index (χ1n) is 6.62. The maximum Gasteiger partial charge on any atom is 0.223 e. The normalized spacial score (nSPS) is 32.7. The molecule has 0 radical (unpaired) electrons. The van der Waals surface area contributed by atoms with Crippen LogP contribution in [0.2, 0.25) is 0 Å². The lowest BCUT2D eigenvalue weighted by Gasteiger charge is -2.23. The minimum atomic E-state index is -0.959. The minimum absolute atomic E-state index is 0.139. The Kier molecular flexibility index (Phi) is 2.94. The smallest absolute Gasteiger partial charge is 0.223 e. The van der Waals surface area contributed by atoms with E-state index >= 15 is 0 Å². The minimum Gasteiger partial charge on any atom is -0.384 e. The number of amides is 1. The van der Waals surface area contributed by atoms with Gasteiger partial charge >= 0.3 is 0 Å². The van der Waals surface area contributed by atoms with E-state index in [2.05, 4.69) is 5.32 Å². The van der Waals surface area contributed by atoms with Crippen molar-refractivity contribution >= 4 is 17.2 Å². The lowest BCUT2D eigenvalue weighted by Crippen LogP contribution is -2.39. The standard InChI is InChI=1S/C14H19NO2S/c1-14(17,9-5-6-18-7-9)8-15-13(16)12-10-3-2-4-11(10)12/h5-7,10-12,17H,2-4,8H2,1H3,(H,15,16). The van der Waals surface area contributed by atoms with E-state index in [4.69, 9.17) is 0 Å². The van der Waals surface area contributed by atoms with Crippen molar-refractivity contribution in [3.05, 3.63) is 22.4 Å². The van der Waals surface area contributed by atoms with Crippen LogP contribution in [0.3, 0.4) is 0 Å². The van der Waals surface area contributed by atoms with Gasteiger partial charge in [0.05, 0.1) is 6.54 Å². The molecule has 1 heterocycles. The number of hydrogen-bond acceptors (Lipinski definition) is 3. The summed E-state index contributed by atoms with van der Waals surface area (Å²) in [6.45, 7) is 2.06.